The lowest BCUT2D eigenvalue weighted by atomic mass is 10.2. The molecular weight excluding hydrogens is 247 g/mol. The average Bonchev–Trinajstić information content (AvgIpc) is 2.81. The van der Waals surface area contributed by atoms with Crippen LogP contribution in [0.15, 0.2) is 52.9 Å². The van der Waals surface area contributed by atoms with Crippen molar-refractivity contribution in [2.24, 2.45) is 0 Å². The molecule has 19 heavy (non-hydrogen) atoms. The first-order valence-corrected chi connectivity index (χ1v) is 5.81. The molecule has 0 aliphatic rings. The minimum Gasteiger partial charge on any atom is -0.508 e. The molecule has 3 aromatic rings. The molecule has 0 aliphatic heterocycles. The van der Waals surface area contributed by atoms with E-state index in [1.54, 1.807) is 36.4 Å². The monoisotopic (exact) mass is 258 g/mol. The van der Waals surface area contributed by atoms with Gasteiger partial charge >= 0.3 is 0 Å². The molecule has 0 fully saturated rings. The normalized spacial score (nSPS) is 10.8. The van der Waals surface area contributed by atoms with Crippen LogP contribution in [0.5, 0.6) is 11.5 Å². The zero-order chi connectivity index (χ0) is 13.2. The molecule has 1 aromatic heterocycles. The second-order valence-electron chi connectivity index (χ2n) is 4.16. The smallest absolute Gasteiger partial charge is 0.170 e. The first kappa shape index (κ1) is 11.6. The predicted octanol–water partition coefficient (Wildman–Crippen LogP) is 3.86. The van der Waals surface area contributed by atoms with Gasteiger partial charge in [0.25, 0.3) is 0 Å². The zero-order valence-corrected chi connectivity index (χ0v) is 9.97. The number of hydrogen-bond acceptors (Lipinski definition) is 3. The second kappa shape index (κ2) is 4.65. The molecule has 1 heterocycles. The van der Waals surface area contributed by atoms with E-state index in [9.17, 15) is 9.50 Å². The van der Waals surface area contributed by atoms with E-state index in [1.807, 2.05) is 0 Å². The Morgan fingerprint density at radius 2 is 1.95 bits per heavy atom. The lowest BCUT2D eigenvalue weighted by Gasteiger charge is -2.03. The maximum atomic E-state index is 13.4. The van der Waals surface area contributed by atoms with E-state index in [-0.39, 0.29) is 23.8 Å². The Morgan fingerprint density at radius 1 is 1.11 bits per heavy atom. The molecule has 0 bridgehead atoms. The van der Waals surface area contributed by atoms with E-state index in [0.717, 1.165) is 0 Å². The highest BCUT2D eigenvalue weighted by Crippen LogP contribution is 2.24. The maximum absolute atomic E-state index is 13.4. The van der Waals surface area contributed by atoms with E-state index in [0.29, 0.717) is 16.9 Å². The van der Waals surface area contributed by atoms with Crippen molar-refractivity contribution in [2.45, 2.75) is 6.61 Å². The molecule has 3 rings (SSSR count). The highest BCUT2D eigenvalue weighted by Gasteiger charge is 2.08. The van der Waals surface area contributed by atoms with E-state index in [4.69, 9.17) is 9.15 Å². The van der Waals surface area contributed by atoms with Gasteiger partial charge in [0.2, 0.25) is 0 Å². The molecule has 96 valence electrons. The number of para-hydroxylation sites is 1. The van der Waals surface area contributed by atoms with Crippen molar-refractivity contribution < 1.29 is 18.7 Å². The zero-order valence-electron chi connectivity index (χ0n) is 9.97. The van der Waals surface area contributed by atoms with Gasteiger partial charge in [-0.15, -0.1) is 0 Å². The number of phenolic OH excluding ortho intramolecular Hbond substituents is 1. The number of phenols is 1. The van der Waals surface area contributed by atoms with Gasteiger partial charge in [0, 0.05) is 11.5 Å². The number of halogens is 1. The van der Waals surface area contributed by atoms with E-state index < -0.39 is 0 Å². The lowest BCUT2D eigenvalue weighted by Crippen LogP contribution is -1.92. The molecule has 0 saturated carbocycles. The van der Waals surface area contributed by atoms with Gasteiger partial charge < -0.3 is 14.3 Å². The third-order valence-corrected chi connectivity index (χ3v) is 2.75. The Bertz CT molecular complexity index is 718. The Morgan fingerprint density at radius 3 is 2.74 bits per heavy atom. The summed E-state index contributed by atoms with van der Waals surface area (Å²) in [5.74, 6) is 0.804. The summed E-state index contributed by atoms with van der Waals surface area (Å²) in [4.78, 5) is 0. The fourth-order valence-electron chi connectivity index (χ4n) is 1.88. The first-order chi connectivity index (χ1) is 9.22. The summed E-state index contributed by atoms with van der Waals surface area (Å²) in [5, 5.41) is 10.0. The second-order valence-corrected chi connectivity index (χ2v) is 4.16. The third kappa shape index (κ3) is 2.38. The molecule has 0 atom stereocenters. The minimum atomic E-state index is -0.388. The summed E-state index contributed by atoms with van der Waals surface area (Å²) in [6, 6.07) is 13.0. The summed E-state index contributed by atoms with van der Waals surface area (Å²) in [5.41, 5.74) is 0.233. The third-order valence-electron chi connectivity index (χ3n) is 2.75. The maximum Gasteiger partial charge on any atom is 0.170 e. The number of ether oxygens (including phenoxy) is 1. The van der Waals surface area contributed by atoms with Crippen LogP contribution in [0, 0.1) is 5.82 Å². The fourth-order valence-corrected chi connectivity index (χ4v) is 1.88. The van der Waals surface area contributed by atoms with Gasteiger partial charge in [0.05, 0.1) is 0 Å². The first-order valence-electron chi connectivity index (χ1n) is 5.81. The van der Waals surface area contributed by atoms with Gasteiger partial charge in [-0.1, -0.05) is 18.2 Å². The van der Waals surface area contributed by atoms with Crippen LogP contribution in [0.1, 0.15) is 5.76 Å². The quantitative estimate of drug-likeness (QED) is 0.775. The van der Waals surface area contributed by atoms with Crippen molar-refractivity contribution in [1.82, 2.24) is 0 Å². The van der Waals surface area contributed by atoms with Gasteiger partial charge in [-0.25, -0.2) is 4.39 Å². The van der Waals surface area contributed by atoms with Crippen LogP contribution in [0.2, 0.25) is 0 Å². The summed E-state index contributed by atoms with van der Waals surface area (Å²) in [6.45, 7) is 0.178. The highest BCUT2D eigenvalue weighted by molar-refractivity contribution is 5.78. The molecule has 3 nitrogen and oxygen atoms in total. The molecule has 1 N–H and O–H groups in total. The topological polar surface area (TPSA) is 42.6 Å². The van der Waals surface area contributed by atoms with Crippen LogP contribution in [-0.2, 0) is 6.61 Å². The minimum absolute atomic E-state index is 0.133. The molecule has 0 radical (unpaired) electrons. The van der Waals surface area contributed by atoms with Crippen LogP contribution in [0.4, 0.5) is 4.39 Å². The number of aromatic hydroxyl groups is 1. The standard InChI is InChI=1S/C15H11FO3/c16-14-6-1-3-10-7-13(19-15(10)14)9-18-12-5-2-4-11(17)8-12/h1-8,17H,9H2. The predicted molar refractivity (Wildman–Crippen MR) is 68.6 cm³/mol. The van der Waals surface area contributed by atoms with Crippen molar-refractivity contribution in [3.8, 4) is 11.5 Å². The van der Waals surface area contributed by atoms with Crippen LogP contribution in [0.25, 0.3) is 11.0 Å². The van der Waals surface area contributed by atoms with Gasteiger partial charge in [0.1, 0.15) is 23.9 Å². The molecule has 2 aromatic carbocycles. The average molecular weight is 258 g/mol. The number of rotatable bonds is 3. The van der Waals surface area contributed by atoms with Crippen molar-refractivity contribution in [3.05, 3.63) is 60.1 Å². The van der Waals surface area contributed by atoms with Crippen molar-refractivity contribution in [2.75, 3.05) is 0 Å². The van der Waals surface area contributed by atoms with E-state index in [2.05, 4.69) is 0 Å². The van der Waals surface area contributed by atoms with Gasteiger partial charge in [-0.2, -0.15) is 0 Å². The fraction of sp³-hybridized carbons (Fsp3) is 0.0667. The SMILES string of the molecule is Oc1cccc(OCc2cc3cccc(F)c3o2)c1. The molecular formula is C15H11FO3. The Hall–Kier alpha value is -2.49. The molecule has 0 unspecified atom stereocenters. The Balaban J connectivity index is 1.80. The number of furan rings is 1. The van der Waals surface area contributed by atoms with Gasteiger partial charge in [-0.3, -0.25) is 0 Å². The van der Waals surface area contributed by atoms with E-state index >= 15 is 0 Å². The molecule has 0 aliphatic carbocycles. The summed E-state index contributed by atoms with van der Waals surface area (Å²) < 4.78 is 24.3. The van der Waals surface area contributed by atoms with Crippen molar-refractivity contribution in [3.63, 3.8) is 0 Å². The van der Waals surface area contributed by atoms with Crippen LogP contribution < -0.4 is 4.74 Å². The van der Waals surface area contributed by atoms with Crippen LogP contribution in [0.3, 0.4) is 0 Å². The molecule has 0 saturated heterocycles. The van der Waals surface area contributed by atoms with Gasteiger partial charge in [0.15, 0.2) is 11.4 Å². The molecule has 0 amide bonds. The van der Waals surface area contributed by atoms with Gasteiger partial charge in [-0.05, 0) is 24.3 Å². The van der Waals surface area contributed by atoms with Crippen molar-refractivity contribution >= 4 is 11.0 Å². The Kier molecular flexibility index (Phi) is 2.83. The Labute approximate surface area is 108 Å². The van der Waals surface area contributed by atoms with Crippen LogP contribution in [-0.4, -0.2) is 5.11 Å². The largest absolute Gasteiger partial charge is 0.508 e. The molecule has 4 heteroatoms. The van der Waals surface area contributed by atoms with Crippen LogP contribution >= 0.6 is 0 Å². The number of fused-ring (bicyclic) bond motifs is 1. The lowest BCUT2D eigenvalue weighted by molar-refractivity contribution is 0.272. The highest BCUT2D eigenvalue weighted by atomic mass is 19.1. The molecule has 0 spiro atoms. The van der Waals surface area contributed by atoms with Crippen molar-refractivity contribution in [1.29, 1.82) is 0 Å². The summed E-state index contributed by atoms with van der Waals surface area (Å²) in [7, 11) is 0. The summed E-state index contributed by atoms with van der Waals surface area (Å²) >= 11 is 0. The van der Waals surface area contributed by atoms with E-state index in [1.165, 1.54) is 12.1 Å². The number of benzene rings is 2. The number of hydrogen-bond donors (Lipinski definition) is 1. The summed E-state index contributed by atoms with van der Waals surface area (Å²) in [6.07, 6.45) is 0.